The van der Waals surface area contributed by atoms with E-state index in [4.69, 9.17) is 0 Å². The molecule has 0 saturated heterocycles. The molecule has 0 spiro atoms. The molecule has 106 valence electrons. The summed E-state index contributed by atoms with van der Waals surface area (Å²) >= 11 is 1.78. The molecule has 2 aliphatic rings. The molecule has 0 amide bonds. The van der Waals surface area contributed by atoms with Gasteiger partial charge in [0.15, 0.2) is 0 Å². The van der Waals surface area contributed by atoms with Crippen LogP contribution in [0.3, 0.4) is 0 Å². The molecule has 0 bridgehead atoms. The van der Waals surface area contributed by atoms with Gasteiger partial charge in [-0.1, -0.05) is 5.57 Å². The van der Waals surface area contributed by atoms with Crippen LogP contribution in [0.15, 0.2) is 39.7 Å². The van der Waals surface area contributed by atoms with E-state index < -0.39 is 6.36 Å². The maximum Gasteiger partial charge on any atom is 0.573 e. The van der Waals surface area contributed by atoms with Crippen LogP contribution >= 0.6 is 11.8 Å². The number of allylic oxidation sites excluding steroid dienone is 1. The summed E-state index contributed by atoms with van der Waals surface area (Å²) in [5, 5.41) is 0. The highest BCUT2D eigenvalue weighted by Gasteiger charge is 2.31. The third-order valence-corrected chi connectivity index (χ3v) is 4.41. The first kappa shape index (κ1) is 13.5. The van der Waals surface area contributed by atoms with Gasteiger partial charge >= 0.3 is 6.36 Å². The van der Waals surface area contributed by atoms with Crippen LogP contribution in [-0.2, 0) is 0 Å². The smallest absolute Gasteiger partial charge is 0.406 e. The second kappa shape index (κ2) is 5.16. The maximum absolute atomic E-state index is 12.1. The number of rotatable bonds is 2. The lowest BCUT2D eigenvalue weighted by atomic mass is 10.0. The molecule has 0 aliphatic carbocycles. The second-order valence-electron chi connectivity index (χ2n) is 4.58. The van der Waals surface area contributed by atoms with Gasteiger partial charge in [-0.3, -0.25) is 4.99 Å². The SMILES string of the molecule is FC(F)(F)Oc1ccc(C2=NCCC3=C2SCC3)cc1. The summed E-state index contributed by atoms with van der Waals surface area (Å²) < 4.78 is 40.2. The van der Waals surface area contributed by atoms with E-state index in [1.807, 2.05) is 0 Å². The summed E-state index contributed by atoms with van der Waals surface area (Å²) in [6.07, 6.45) is -2.56. The lowest BCUT2D eigenvalue weighted by Gasteiger charge is -2.16. The summed E-state index contributed by atoms with van der Waals surface area (Å²) in [6.45, 7) is 0.759. The van der Waals surface area contributed by atoms with Crippen molar-refractivity contribution in [2.24, 2.45) is 4.99 Å². The molecule has 0 atom stereocenters. The fourth-order valence-electron chi connectivity index (χ4n) is 2.38. The van der Waals surface area contributed by atoms with Gasteiger partial charge in [0, 0.05) is 22.8 Å². The molecule has 0 radical (unpaired) electrons. The van der Waals surface area contributed by atoms with Crippen molar-refractivity contribution < 1.29 is 17.9 Å². The summed E-state index contributed by atoms with van der Waals surface area (Å²) in [6, 6.07) is 5.93. The Morgan fingerprint density at radius 1 is 1.10 bits per heavy atom. The Morgan fingerprint density at radius 3 is 2.55 bits per heavy atom. The van der Waals surface area contributed by atoms with E-state index in [-0.39, 0.29) is 5.75 Å². The molecular weight excluding hydrogens is 287 g/mol. The number of thioether (sulfide) groups is 1. The number of halogens is 3. The molecular formula is C14H12F3NOS. The first-order valence-corrected chi connectivity index (χ1v) is 7.27. The molecule has 0 N–H and O–H groups in total. The lowest BCUT2D eigenvalue weighted by molar-refractivity contribution is -0.274. The normalized spacial score (nSPS) is 18.9. The van der Waals surface area contributed by atoms with Crippen LogP contribution in [0, 0.1) is 0 Å². The Kier molecular flexibility index (Phi) is 3.50. The second-order valence-corrected chi connectivity index (χ2v) is 5.69. The van der Waals surface area contributed by atoms with Crippen LogP contribution in [-0.4, -0.2) is 24.4 Å². The number of hydrogen-bond donors (Lipinski definition) is 0. The van der Waals surface area contributed by atoms with E-state index in [9.17, 15) is 13.2 Å². The van der Waals surface area contributed by atoms with Crippen LogP contribution in [0.5, 0.6) is 5.75 Å². The highest BCUT2D eigenvalue weighted by Crippen LogP contribution is 2.38. The van der Waals surface area contributed by atoms with Gasteiger partial charge in [-0.05, 0) is 37.1 Å². The van der Waals surface area contributed by atoms with Crippen LogP contribution in [0.4, 0.5) is 13.2 Å². The van der Waals surface area contributed by atoms with Gasteiger partial charge in [-0.25, -0.2) is 0 Å². The van der Waals surface area contributed by atoms with Gasteiger partial charge in [0.2, 0.25) is 0 Å². The Labute approximate surface area is 118 Å². The fraction of sp³-hybridized carbons (Fsp3) is 0.357. The van der Waals surface area contributed by atoms with Crippen molar-refractivity contribution >= 4 is 17.5 Å². The predicted octanol–water partition coefficient (Wildman–Crippen LogP) is 4.17. The van der Waals surface area contributed by atoms with Gasteiger partial charge in [-0.15, -0.1) is 24.9 Å². The molecule has 2 heterocycles. The summed E-state index contributed by atoms with van der Waals surface area (Å²) in [5.41, 5.74) is 3.18. The summed E-state index contributed by atoms with van der Waals surface area (Å²) in [4.78, 5) is 5.73. The standard InChI is InChI=1S/C14H12F3NOS/c15-14(16,17)19-11-3-1-9(2-4-11)12-13-10(5-7-18-12)6-8-20-13/h1-4H,5-8H2. The van der Waals surface area contributed by atoms with E-state index in [0.29, 0.717) is 0 Å². The Morgan fingerprint density at radius 2 is 1.85 bits per heavy atom. The molecule has 1 aromatic carbocycles. The fourth-order valence-corrected chi connectivity index (χ4v) is 3.66. The monoisotopic (exact) mass is 299 g/mol. The highest BCUT2D eigenvalue weighted by atomic mass is 32.2. The molecule has 3 rings (SSSR count). The average molecular weight is 299 g/mol. The van der Waals surface area contributed by atoms with Crippen molar-refractivity contribution in [1.29, 1.82) is 0 Å². The minimum atomic E-state index is -4.65. The largest absolute Gasteiger partial charge is 0.573 e. The van der Waals surface area contributed by atoms with E-state index in [1.165, 1.54) is 22.6 Å². The number of hydrogen-bond acceptors (Lipinski definition) is 3. The molecule has 20 heavy (non-hydrogen) atoms. The molecule has 0 aromatic heterocycles. The van der Waals surface area contributed by atoms with Crippen molar-refractivity contribution in [2.45, 2.75) is 19.2 Å². The van der Waals surface area contributed by atoms with Gasteiger partial charge in [-0.2, -0.15) is 0 Å². The number of ether oxygens (including phenoxy) is 1. The molecule has 2 nitrogen and oxygen atoms in total. The number of benzene rings is 1. The summed E-state index contributed by atoms with van der Waals surface area (Å²) in [5.74, 6) is 0.866. The third kappa shape index (κ3) is 2.85. The maximum atomic E-state index is 12.1. The minimum absolute atomic E-state index is 0.203. The molecule has 6 heteroatoms. The van der Waals surface area contributed by atoms with Crippen molar-refractivity contribution in [1.82, 2.24) is 0 Å². The first-order valence-electron chi connectivity index (χ1n) is 6.29. The van der Waals surface area contributed by atoms with Crippen molar-refractivity contribution in [3.05, 3.63) is 40.3 Å². The van der Waals surface area contributed by atoms with Crippen LogP contribution in [0.25, 0.3) is 0 Å². The predicted molar refractivity (Wildman–Crippen MR) is 73.2 cm³/mol. The number of dihydropyridines is 1. The summed E-state index contributed by atoms with van der Waals surface area (Å²) in [7, 11) is 0. The van der Waals surface area contributed by atoms with Crippen molar-refractivity contribution in [2.75, 3.05) is 12.3 Å². The lowest BCUT2D eigenvalue weighted by Crippen LogP contribution is -2.17. The third-order valence-electron chi connectivity index (χ3n) is 3.23. The Bertz CT molecular complexity index is 575. The van der Waals surface area contributed by atoms with Crippen LogP contribution < -0.4 is 4.74 Å². The van der Waals surface area contributed by atoms with Gasteiger partial charge in [0.1, 0.15) is 5.75 Å². The molecule has 2 aliphatic heterocycles. The molecule has 0 saturated carbocycles. The number of nitrogens with zero attached hydrogens (tertiary/aromatic N) is 1. The van der Waals surface area contributed by atoms with Crippen molar-refractivity contribution in [3.8, 4) is 5.75 Å². The highest BCUT2D eigenvalue weighted by molar-refractivity contribution is 8.04. The number of aliphatic imine (C=N–C) groups is 1. The molecule has 1 aromatic rings. The van der Waals surface area contributed by atoms with Gasteiger partial charge in [0.05, 0.1) is 5.71 Å². The van der Waals surface area contributed by atoms with Crippen molar-refractivity contribution in [3.63, 3.8) is 0 Å². The zero-order chi connectivity index (χ0) is 14.2. The zero-order valence-electron chi connectivity index (χ0n) is 10.5. The Balaban J connectivity index is 1.83. The zero-order valence-corrected chi connectivity index (χ0v) is 11.4. The quantitative estimate of drug-likeness (QED) is 0.817. The van der Waals surface area contributed by atoms with E-state index in [1.54, 1.807) is 23.9 Å². The topological polar surface area (TPSA) is 21.6 Å². The molecule has 0 unspecified atom stereocenters. The Hall–Kier alpha value is -1.43. The van der Waals surface area contributed by atoms with E-state index >= 15 is 0 Å². The van der Waals surface area contributed by atoms with E-state index in [2.05, 4.69) is 9.73 Å². The van der Waals surface area contributed by atoms with Crippen LogP contribution in [0.2, 0.25) is 0 Å². The number of alkyl halides is 3. The first-order chi connectivity index (χ1) is 9.53. The minimum Gasteiger partial charge on any atom is -0.406 e. The van der Waals surface area contributed by atoms with Crippen LogP contribution in [0.1, 0.15) is 18.4 Å². The van der Waals surface area contributed by atoms with Gasteiger partial charge < -0.3 is 4.74 Å². The molecule has 0 fully saturated rings. The average Bonchev–Trinajstić information content (AvgIpc) is 2.86. The van der Waals surface area contributed by atoms with E-state index in [0.717, 1.165) is 36.4 Å². The van der Waals surface area contributed by atoms with Gasteiger partial charge in [0.25, 0.3) is 0 Å².